The number of pyridine rings is 1. The number of aromatic hydroxyl groups is 1. The predicted octanol–water partition coefficient (Wildman–Crippen LogP) is 4.49. The number of nitrogens with zero attached hydrogens (tertiary/aromatic N) is 1. The quantitative estimate of drug-likeness (QED) is 0.847. The molecule has 0 spiro atoms. The lowest BCUT2D eigenvalue weighted by molar-refractivity contribution is -0.137. The molecule has 1 aromatic carbocycles. The van der Waals surface area contributed by atoms with E-state index in [2.05, 4.69) is 26.2 Å². The Balaban J connectivity index is 2.20. The molecule has 1 aromatic heterocycles. The van der Waals surface area contributed by atoms with Crippen LogP contribution in [0.5, 0.6) is 5.75 Å². The van der Waals surface area contributed by atoms with Gasteiger partial charge in [-0.15, -0.1) is 0 Å². The van der Waals surface area contributed by atoms with Gasteiger partial charge in [0.15, 0.2) is 0 Å². The first-order valence-corrected chi connectivity index (χ1v) is 6.82. The summed E-state index contributed by atoms with van der Waals surface area (Å²) in [5, 5.41) is 12.5. The zero-order valence-corrected chi connectivity index (χ0v) is 12.6. The van der Waals surface area contributed by atoms with Gasteiger partial charge in [0.2, 0.25) is 0 Å². The number of benzene rings is 1. The fourth-order valence-corrected chi connectivity index (χ4v) is 2.27. The second-order valence-corrected chi connectivity index (χ2v) is 5.41. The standard InChI is InChI=1S/C14H12BrF3N2O/c1-8-2-3-13(21)12(20-8)7-19-11-5-9(14(16,17)18)4-10(15)6-11/h2-6,19,21H,7H2,1H3. The topological polar surface area (TPSA) is 45.1 Å². The molecule has 0 unspecified atom stereocenters. The number of anilines is 1. The maximum absolute atomic E-state index is 12.7. The van der Waals surface area contributed by atoms with E-state index in [9.17, 15) is 18.3 Å². The van der Waals surface area contributed by atoms with Crippen LogP contribution in [0.15, 0.2) is 34.8 Å². The van der Waals surface area contributed by atoms with Crippen LogP contribution in [-0.2, 0) is 12.7 Å². The van der Waals surface area contributed by atoms with Gasteiger partial charge in [-0.2, -0.15) is 13.2 Å². The number of nitrogens with one attached hydrogen (secondary N) is 1. The first-order valence-electron chi connectivity index (χ1n) is 6.03. The summed E-state index contributed by atoms with van der Waals surface area (Å²) in [4.78, 5) is 4.13. The van der Waals surface area contributed by atoms with E-state index in [1.807, 2.05) is 0 Å². The van der Waals surface area contributed by atoms with Crippen LogP contribution in [0.25, 0.3) is 0 Å². The highest BCUT2D eigenvalue weighted by Gasteiger charge is 2.31. The molecule has 2 aromatic rings. The van der Waals surface area contributed by atoms with Crippen molar-refractivity contribution >= 4 is 21.6 Å². The monoisotopic (exact) mass is 360 g/mol. The minimum atomic E-state index is -4.41. The number of hydrogen-bond donors (Lipinski definition) is 2. The first-order chi connectivity index (χ1) is 9.75. The Labute approximate surface area is 128 Å². The number of rotatable bonds is 3. The highest BCUT2D eigenvalue weighted by atomic mass is 79.9. The smallest absolute Gasteiger partial charge is 0.416 e. The van der Waals surface area contributed by atoms with Crippen molar-refractivity contribution in [2.45, 2.75) is 19.6 Å². The van der Waals surface area contributed by atoms with E-state index in [0.29, 0.717) is 15.9 Å². The Morgan fingerprint density at radius 3 is 2.62 bits per heavy atom. The van der Waals surface area contributed by atoms with Crippen molar-refractivity contribution in [3.05, 3.63) is 51.8 Å². The highest BCUT2D eigenvalue weighted by molar-refractivity contribution is 9.10. The molecule has 7 heteroatoms. The van der Waals surface area contributed by atoms with Crippen molar-refractivity contribution in [3.8, 4) is 5.75 Å². The minimum Gasteiger partial charge on any atom is -0.506 e. The second kappa shape index (κ2) is 5.93. The molecule has 112 valence electrons. The third-order valence-electron chi connectivity index (χ3n) is 2.77. The summed E-state index contributed by atoms with van der Waals surface area (Å²) in [6.45, 7) is 1.89. The molecule has 0 fully saturated rings. The lowest BCUT2D eigenvalue weighted by atomic mass is 10.2. The third kappa shape index (κ3) is 4.10. The summed E-state index contributed by atoms with van der Waals surface area (Å²) in [6, 6.07) is 6.70. The SMILES string of the molecule is Cc1ccc(O)c(CNc2cc(Br)cc(C(F)(F)F)c2)n1. The zero-order chi connectivity index (χ0) is 15.6. The molecule has 0 bridgehead atoms. The van der Waals surface area contributed by atoms with Crippen LogP contribution in [0, 0.1) is 6.92 Å². The molecule has 0 saturated carbocycles. The number of halogens is 4. The van der Waals surface area contributed by atoms with Crippen molar-refractivity contribution in [1.82, 2.24) is 4.98 Å². The summed E-state index contributed by atoms with van der Waals surface area (Å²) < 4.78 is 38.5. The Hall–Kier alpha value is -1.76. The molecule has 21 heavy (non-hydrogen) atoms. The first kappa shape index (κ1) is 15.6. The minimum absolute atomic E-state index is 0.000795. The van der Waals surface area contributed by atoms with Crippen molar-refractivity contribution in [1.29, 1.82) is 0 Å². The van der Waals surface area contributed by atoms with Crippen LogP contribution >= 0.6 is 15.9 Å². The van der Waals surface area contributed by atoms with Crippen molar-refractivity contribution in [2.75, 3.05) is 5.32 Å². The van der Waals surface area contributed by atoms with E-state index >= 15 is 0 Å². The van der Waals surface area contributed by atoms with Gasteiger partial charge in [-0.25, -0.2) is 0 Å². The number of alkyl halides is 3. The number of aryl methyl sites for hydroxylation is 1. The number of aromatic nitrogens is 1. The average Bonchev–Trinajstić information content (AvgIpc) is 2.38. The molecule has 1 heterocycles. The van der Waals surface area contributed by atoms with Gasteiger partial charge >= 0.3 is 6.18 Å². The normalized spacial score (nSPS) is 11.5. The molecular formula is C14H12BrF3N2O. The molecule has 0 radical (unpaired) electrons. The largest absolute Gasteiger partial charge is 0.506 e. The summed E-state index contributed by atoms with van der Waals surface area (Å²) in [5.41, 5.74) is 0.638. The van der Waals surface area contributed by atoms with Gasteiger partial charge < -0.3 is 10.4 Å². The van der Waals surface area contributed by atoms with E-state index < -0.39 is 11.7 Å². The van der Waals surface area contributed by atoms with Crippen LogP contribution in [0.2, 0.25) is 0 Å². The average molecular weight is 361 g/mol. The molecular weight excluding hydrogens is 349 g/mol. The van der Waals surface area contributed by atoms with Crippen LogP contribution in [0.4, 0.5) is 18.9 Å². The van der Waals surface area contributed by atoms with Gasteiger partial charge in [-0.3, -0.25) is 4.98 Å². The molecule has 0 aliphatic carbocycles. The third-order valence-corrected chi connectivity index (χ3v) is 3.23. The Bertz CT molecular complexity index is 659. The van der Waals surface area contributed by atoms with Crippen molar-refractivity contribution in [2.24, 2.45) is 0 Å². The van der Waals surface area contributed by atoms with Crippen LogP contribution in [0.1, 0.15) is 17.0 Å². The second-order valence-electron chi connectivity index (χ2n) is 4.50. The molecule has 0 amide bonds. The van der Waals surface area contributed by atoms with Gasteiger partial charge in [0.1, 0.15) is 11.4 Å². The van der Waals surface area contributed by atoms with Crippen molar-refractivity contribution in [3.63, 3.8) is 0 Å². The maximum Gasteiger partial charge on any atom is 0.416 e. The summed E-state index contributed by atoms with van der Waals surface area (Å²) in [5.74, 6) is -0.000795. The van der Waals surface area contributed by atoms with Gasteiger partial charge in [0, 0.05) is 15.9 Å². The molecule has 0 atom stereocenters. The molecule has 2 rings (SSSR count). The van der Waals surface area contributed by atoms with Gasteiger partial charge in [0.25, 0.3) is 0 Å². The molecule has 0 aliphatic heterocycles. The fourth-order valence-electron chi connectivity index (χ4n) is 1.77. The molecule has 2 N–H and O–H groups in total. The fraction of sp³-hybridized carbons (Fsp3) is 0.214. The number of hydrogen-bond acceptors (Lipinski definition) is 3. The highest BCUT2D eigenvalue weighted by Crippen LogP contribution is 2.33. The molecule has 3 nitrogen and oxygen atoms in total. The van der Waals surface area contributed by atoms with Crippen LogP contribution < -0.4 is 5.32 Å². The van der Waals surface area contributed by atoms with E-state index in [4.69, 9.17) is 0 Å². The van der Waals surface area contributed by atoms with Gasteiger partial charge in [0.05, 0.1) is 12.1 Å². The molecule has 0 saturated heterocycles. The van der Waals surface area contributed by atoms with Crippen LogP contribution in [0.3, 0.4) is 0 Å². The summed E-state index contributed by atoms with van der Waals surface area (Å²) in [7, 11) is 0. The summed E-state index contributed by atoms with van der Waals surface area (Å²) in [6.07, 6.45) is -4.41. The Kier molecular flexibility index (Phi) is 4.41. The van der Waals surface area contributed by atoms with Gasteiger partial charge in [-0.05, 0) is 37.3 Å². The predicted molar refractivity (Wildman–Crippen MR) is 77.1 cm³/mol. The Morgan fingerprint density at radius 2 is 1.95 bits per heavy atom. The Morgan fingerprint density at radius 1 is 1.24 bits per heavy atom. The summed E-state index contributed by atoms with van der Waals surface area (Å²) >= 11 is 3.05. The lowest BCUT2D eigenvalue weighted by Crippen LogP contribution is -2.07. The van der Waals surface area contributed by atoms with E-state index in [-0.39, 0.29) is 12.3 Å². The maximum atomic E-state index is 12.7. The van der Waals surface area contributed by atoms with Crippen LogP contribution in [-0.4, -0.2) is 10.1 Å². The zero-order valence-electron chi connectivity index (χ0n) is 11.0. The lowest BCUT2D eigenvalue weighted by Gasteiger charge is -2.12. The van der Waals surface area contributed by atoms with E-state index in [1.165, 1.54) is 12.1 Å². The molecule has 0 aliphatic rings. The van der Waals surface area contributed by atoms with Gasteiger partial charge in [-0.1, -0.05) is 15.9 Å². The van der Waals surface area contributed by atoms with E-state index in [1.54, 1.807) is 13.0 Å². The van der Waals surface area contributed by atoms with Crippen molar-refractivity contribution < 1.29 is 18.3 Å². The van der Waals surface area contributed by atoms with E-state index in [0.717, 1.165) is 17.8 Å².